The highest BCUT2D eigenvalue weighted by Gasteiger charge is 2.17. The number of thiophene rings is 1. The van der Waals surface area contributed by atoms with Gasteiger partial charge in [0.15, 0.2) is 5.88 Å². The van der Waals surface area contributed by atoms with E-state index >= 15 is 0 Å². The first-order valence-electron chi connectivity index (χ1n) is 5.45. The van der Waals surface area contributed by atoms with E-state index in [0.29, 0.717) is 0 Å². The lowest BCUT2D eigenvalue weighted by molar-refractivity contribution is 0.0698. The van der Waals surface area contributed by atoms with Gasteiger partial charge in [-0.2, -0.15) is 0 Å². The van der Waals surface area contributed by atoms with Crippen molar-refractivity contribution in [3.63, 3.8) is 0 Å². The van der Waals surface area contributed by atoms with Gasteiger partial charge in [-0.05, 0) is 13.0 Å². The highest BCUT2D eigenvalue weighted by molar-refractivity contribution is 7.16. The Labute approximate surface area is 116 Å². The van der Waals surface area contributed by atoms with Gasteiger partial charge in [0.2, 0.25) is 0 Å². The molecule has 0 saturated carbocycles. The molecule has 0 unspecified atom stereocenters. The molecule has 0 radical (unpaired) electrons. The molecule has 0 saturated heterocycles. The zero-order valence-corrected chi connectivity index (χ0v) is 11.1. The number of hydrogen-bond donors (Lipinski definition) is 4. The number of aromatic carboxylic acids is 1. The number of amides is 1. The fraction of sp³-hybridized carbons (Fsp3) is 0.0833. The first kappa shape index (κ1) is 13.8. The predicted octanol–water partition coefficient (Wildman–Crippen LogP) is 1.40. The fourth-order valence-corrected chi connectivity index (χ4v) is 2.50. The van der Waals surface area contributed by atoms with Crippen molar-refractivity contribution < 1.29 is 19.8 Å². The summed E-state index contributed by atoms with van der Waals surface area (Å²) < 4.78 is 0. The van der Waals surface area contributed by atoms with E-state index in [1.54, 1.807) is 6.92 Å². The summed E-state index contributed by atoms with van der Waals surface area (Å²) in [5.41, 5.74) is -0.709. The molecule has 0 aromatic carbocycles. The summed E-state index contributed by atoms with van der Waals surface area (Å²) in [6.07, 6.45) is 0. The number of carbonyl (C=O) groups excluding carboxylic acids is 1. The summed E-state index contributed by atoms with van der Waals surface area (Å²) >= 11 is 1.11. The molecule has 0 aliphatic carbocycles. The van der Waals surface area contributed by atoms with Gasteiger partial charge in [0.05, 0.1) is 11.1 Å². The van der Waals surface area contributed by atoms with Crippen LogP contribution in [0.3, 0.4) is 0 Å². The van der Waals surface area contributed by atoms with Crippen molar-refractivity contribution >= 4 is 28.2 Å². The van der Waals surface area contributed by atoms with Crippen molar-refractivity contribution in [2.45, 2.75) is 6.92 Å². The van der Waals surface area contributed by atoms with Gasteiger partial charge in [0, 0.05) is 17.0 Å². The Bertz CT molecular complexity index is 747. The molecule has 2 heterocycles. The van der Waals surface area contributed by atoms with Crippen LogP contribution >= 0.6 is 11.3 Å². The van der Waals surface area contributed by atoms with E-state index in [1.165, 1.54) is 6.07 Å². The Morgan fingerprint density at radius 3 is 2.60 bits per heavy atom. The van der Waals surface area contributed by atoms with Crippen LogP contribution in [0, 0.1) is 6.92 Å². The summed E-state index contributed by atoms with van der Waals surface area (Å²) in [5, 5.41) is 20.8. The number of pyridine rings is 1. The molecule has 2 aromatic heterocycles. The summed E-state index contributed by atoms with van der Waals surface area (Å²) in [5.74, 6) is -2.27. The van der Waals surface area contributed by atoms with Crippen molar-refractivity contribution in [3.8, 4) is 5.88 Å². The number of carbonyl (C=O) groups is 2. The molecule has 8 heteroatoms. The van der Waals surface area contributed by atoms with E-state index in [2.05, 4.69) is 10.3 Å². The van der Waals surface area contributed by atoms with Crippen LogP contribution in [-0.2, 0) is 0 Å². The van der Waals surface area contributed by atoms with Gasteiger partial charge in [-0.3, -0.25) is 14.6 Å². The summed E-state index contributed by atoms with van der Waals surface area (Å²) in [6.45, 7) is 1.71. The highest BCUT2D eigenvalue weighted by Crippen LogP contribution is 2.28. The minimum Gasteiger partial charge on any atom is -0.494 e. The van der Waals surface area contributed by atoms with Crippen LogP contribution in [-0.4, -0.2) is 27.1 Å². The minimum absolute atomic E-state index is 0.0186. The molecular formula is C12H10N2O5S. The van der Waals surface area contributed by atoms with Crippen LogP contribution in [0.4, 0.5) is 5.00 Å². The predicted molar refractivity (Wildman–Crippen MR) is 72.7 cm³/mol. The molecule has 104 valence electrons. The second-order valence-electron chi connectivity index (χ2n) is 3.98. The number of anilines is 1. The van der Waals surface area contributed by atoms with E-state index in [9.17, 15) is 19.5 Å². The first-order valence-corrected chi connectivity index (χ1v) is 6.27. The van der Waals surface area contributed by atoms with Crippen LogP contribution in [0.25, 0.3) is 0 Å². The molecule has 0 aliphatic heterocycles. The first-order chi connectivity index (χ1) is 9.36. The normalized spacial score (nSPS) is 10.2. The van der Waals surface area contributed by atoms with E-state index < -0.39 is 23.3 Å². The molecule has 0 spiro atoms. The fourth-order valence-electron chi connectivity index (χ4n) is 1.60. The van der Waals surface area contributed by atoms with Crippen LogP contribution in [0.2, 0.25) is 0 Å². The molecule has 7 nitrogen and oxygen atoms in total. The van der Waals surface area contributed by atoms with Gasteiger partial charge >= 0.3 is 5.97 Å². The number of H-pyrrole nitrogens is 1. The topological polar surface area (TPSA) is 119 Å². The molecule has 2 aromatic rings. The standard InChI is InChI=1S/C12H10N2O5S/c1-5-2-7(12(18)19)11(20-5)14-10(17)6-3-8(15)13-9(16)4-6/h2-4H,1H3,(H,14,17)(H,18,19)(H2,13,15,16). The number of aryl methyl sites for hydroxylation is 1. The number of aromatic nitrogens is 1. The lowest BCUT2D eigenvalue weighted by atomic mass is 10.2. The summed E-state index contributed by atoms with van der Waals surface area (Å²) in [7, 11) is 0. The zero-order valence-electron chi connectivity index (χ0n) is 10.3. The Hall–Kier alpha value is -2.61. The number of aromatic amines is 1. The third kappa shape index (κ3) is 2.86. The Kier molecular flexibility index (Phi) is 3.57. The quantitative estimate of drug-likeness (QED) is 0.682. The third-order valence-electron chi connectivity index (χ3n) is 2.41. The third-order valence-corrected chi connectivity index (χ3v) is 3.37. The van der Waals surface area contributed by atoms with E-state index in [4.69, 9.17) is 5.11 Å². The average molecular weight is 294 g/mol. The number of aromatic hydroxyl groups is 1. The molecule has 0 atom stereocenters. The van der Waals surface area contributed by atoms with Crippen molar-refractivity contribution in [1.29, 1.82) is 0 Å². The number of carboxylic acid groups (broad SMARTS) is 1. The molecule has 0 fully saturated rings. The maximum atomic E-state index is 11.9. The number of rotatable bonds is 3. The van der Waals surface area contributed by atoms with Gasteiger partial charge in [-0.15, -0.1) is 11.3 Å². The van der Waals surface area contributed by atoms with E-state index in [1.807, 2.05) is 0 Å². The molecular weight excluding hydrogens is 284 g/mol. The molecule has 0 bridgehead atoms. The lowest BCUT2D eigenvalue weighted by Gasteiger charge is -2.04. The maximum Gasteiger partial charge on any atom is 0.338 e. The van der Waals surface area contributed by atoms with Crippen LogP contribution in [0.5, 0.6) is 5.88 Å². The van der Waals surface area contributed by atoms with Gasteiger partial charge in [0.1, 0.15) is 5.00 Å². The van der Waals surface area contributed by atoms with Crippen molar-refractivity contribution in [1.82, 2.24) is 4.98 Å². The molecule has 0 aliphatic rings. The summed E-state index contributed by atoms with van der Waals surface area (Å²) in [4.78, 5) is 36.9. The van der Waals surface area contributed by atoms with E-state index in [-0.39, 0.29) is 16.1 Å². The second-order valence-corrected chi connectivity index (χ2v) is 5.23. The molecule has 20 heavy (non-hydrogen) atoms. The average Bonchev–Trinajstić information content (AvgIpc) is 2.69. The molecule has 2 rings (SSSR count). The van der Waals surface area contributed by atoms with Gasteiger partial charge in [-0.1, -0.05) is 0 Å². The van der Waals surface area contributed by atoms with Crippen molar-refractivity contribution in [2.75, 3.05) is 5.32 Å². The smallest absolute Gasteiger partial charge is 0.338 e. The minimum atomic E-state index is -1.15. The van der Waals surface area contributed by atoms with Crippen molar-refractivity contribution in [3.05, 3.63) is 44.6 Å². The highest BCUT2D eigenvalue weighted by atomic mass is 32.1. The number of hydrogen-bond acceptors (Lipinski definition) is 5. The SMILES string of the molecule is Cc1cc(C(=O)O)c(NC(=O)c2cc(O)[nH]c(=O)c2)s1. The Morgan fingerprint density at radius 2 is 2.00 bits per heavy atom. The number of nitrogens with one attached hydrogen (secondary N) is 2. The largest absolute Gasteiger partial charge is 0.494 e. The maximum absolute atomic E-state index is 11.9. The summed E-state index contributed by atoms with van der Waals surface area (Å²) in [6, 6.07) is 3.53. The van der Waals surface area contributed by atoms with Gasteiger partial charge in [-0.25, -0.2) is 4.79 Å². The van der Waals surface area contributed by atoms with Gasteiger partial charge < -0.3 is 15.5 Å². The van der Waals surface area contributed by atoms with Crippen LogP contribution in [0.1, 0.15) is 25.6 Å². The second kappa shape index (κ2) is 5.17. The van der Waals surface area contributed by atoms with Gasteiger partial charge in [0.25, 0.3) is 11.5 Å². The molecule has 1 amide bonds. The monoisotopic (exact) mass is 294 g/mol. The zero-order chi connectivity index (χ0) is 14.9. The number of carboxylic acids is 1. The Morgan fingerprint density at radius 1 is 1.30 bits per heavy atom. The van der Waals surface area contributed by atoms with Crippen LogP contribution < -0.4 is 10.9 Å². The van der Waals surface area contributed by atoms with Crippen LogP contribution in [0.15, 0.2) is 23.0 Å². The van der Waals surface area contributed by atoms with Crippen molar-refractivity contribution in [2.24, 2.45) is 0 Å². The lowest BCUT2D eigenvalue weighted by Crippen LogP contribution is -2.16. The van der Waals surface area contributed by atoms with E-state index in [0.717, 1.165) is 28.3 Å². The molecule has 4 N–H and O–H groups in total. The Balaban J connectivity index is 2.32.